The minimum atomic E-state index is -0.569. The number of hydrogen-bond donors (Lipinski definition) is 2. The lowest BCUT2D eigenvalue weighted by molar-refractivity contribution is -0.119. The van der Waals surface area contributed by atoms with Crippen LogP contribution in [0.3, 0.4) is 0 Å². The number of amides is 3. The summed E-state index contributed by atoms with van der Waals surface area (Å²) in [6.45, 7) is 6.25. The molecule has 3 amide bonds. The third-order valence-electron chi connectivity index (χ3n) is 5.60. The smallest absolute Gasteiger partial charge is 0.318 e. The molecule has 1 atom stereocenters. The van der Waals surface area contributed by atoms with Crippen LogP contribution in [0.15, 0.2) is 60.7 Å². The molecule has 2 N–H and O–H groups in total. The monoisotopic (exact) mass is 431 g/mol. The van der Waals surface area contributed by atoms with Crippen LogP contribution >= 0.6 is 0 Å². The van der Waals surface area contributed by atoms with Crippen molar-refractivity contribution < 1.29 is 9.59 Å². The third kappa shape index (κ3) is 4.37. The van der Waals surface area contributed by atoms with E-state index in [0.717, 1.165) is 29.8 Å². The molecule has 4 rings (SSSR count). The number of carbonyl (C=O) groups excluding carboxylic acids is 2. The summed E-state index contributed by atoms with van der Waals surface area (Å²) in [5.74, 6) is 0.207. The van der Waals surface area contributed by atoms with Crippen molar-refractivity contribution in [1.29, 1.82) is 0 Å². The molecular weight excluding hydrogens is 402 g/mol. The maximum Gasteiger partial charge on any atom is 0.318 e. The van der Waals surface area contributed by atoms with Gasteiger partial charge in [0.1, 0.15) is 6.04 Å². The lowest BCUT2D eigenvalue weighted by atomic mass is 10.0. The van der Waals surface area contributed by atoms with Crippen LogP contribution in [0, 0.1) is 0 Å². The van der Waals surface area contributed by atoms with Gasteiger partial charge in [-0.3, -0.25) is 4.79 Å². The van der Waals surface area contributed by atoms with E-state index in [1.165, 1.54) is 5.56 Å². The van der Waals surface area contributed by atoms with Crippen molar-refractivity contribution in [3.05, 3.63) is 66.2 Å². The molecule has 0 aliphatic carbocycles. The molecule has 7 heteroatoms. The Morgan fingerprint density at radius 3 is 2.66 bits per heavy atom. The number of nitrogens with one attached hydrogen (secondary N) is 2. The molecule has 1 saturated heterocycles. The predicted molar refractivity (Wildman–Crippen MR) is 126 cm³/mol. The fraction of sp³-hybridized carbons (Fsp3) is 0.320. The first-order valence-corrected chi connectivity index (χ1v) is 11.1. The van der Waals surface area contributed by atoms with Crippen molar-refractivity contribution in [3.63, 3.8) is 0 Å². The van der Waals surface area contributed by atoms with E-state index in [4.69, 9.17) is 5.10 Å². The lowest BCUT2D eigenvalue weighted by Gasteiger charge is -2.25. The second kappa shape index (κ2) is 9.26. The highest BCUT2D eigenvalue weighted by molar-refractivity contribution is 5.98. The number of benzene rings is 2. The maximum absolute atomic E-state index is 13.0. The van der Waals surface area contributed by atoms with Crippen molar-refractivity contribution in [1.82, 2.24) is 20.0 Å². The number of aryl methyl sites for hydroxylation is 1. The fourth-order valence-corrected chi connectivity index (χ4v) is 4.13. The zero-order valence-corrected chi connectivity index (χ0v) is 18.7. The van der Waals surface area contributed by atoms with Crippen LogP contribution in [0.25, 0.3) is 16.9 Å². The van der Waals surface area contributed by atoms with Crippen molar-refractivity contribution in [3.8, 4) is 16.9 Å². The molecule has 166 valence electrons. The highest BCUT2D eigenvalue weighted by Gasteiger charge is 2.37. The average molecular weight is 432 g/mol. The Balaban J connectivity index is 1.68. The van der Waals surface area contributed by atoms with Gasteiger partial charge in [0.2, 0.25) is 5.91 Å². The zero-order valence-electron chi connectivity index (χ0n) is 18.7. The van der Waals surface area contributed by atoms with Gasteiger partial charge in [-0.05, 0) is 44.0 Å². The Morgan fingerprint density at radius 1 is 1.16 bits per heavy atom. The maximum atomic E-state index is 13.0. The number of para-hydroxylation sites is 1. The number of rotatable bonds is 7. The molecule has 32 heavy (non-hydrogen) atoms. The van der Waals surface area contributed by atoms with Gasteiger partial charge >= 0.3 is 6.03 Å². The molecule has 1 fully saturated rings. The highest BCUT2D eigenvalue weighted by Crippen LogP contribution is 2.27. The topological polar surface area (TPSA) is 79.3 Å². The zero-order chi connectivity index (χ0) is 22.7. The van der Waals surface area contributed by atoms with Crippen LogP contribution in [0.2, 0.25) is 0 Å². The molecule has 0 bridgehead atoms. The average Bonchev–Trinajstić information content (AvgIpc) is 3.38. The van der Waals surface area contributed by atoms with Gasteiger partial charge in [0.15, 0.2) is 5.82 Å². The van der Waals surface area contributed by atoms with Gasteiger partial charge in [-0.15, -0.1) is 5.10 Å². The molecular formula is C25H29N5O2. The van der Waals surface area contributed by atoms with E-state index in [9.17, 15) is 9.59 Å². The first-order chi connectivity index (χ1) is 15.5. The van der Waals surface area contributed by atoms with Crippen LogP contribution in [-0.2, 0) is 11.2 Å². The molecule has 0 radical (unpaired) electrons. The second-order valence-electron chi connectivity index (χ2n) is 8.30. The van der Waals surface area contributed by atoms with Crippen molar-refractivity contribution >= 4 is 17.8 Å². The summed E-state index contributed by atoms with van der Waals surface area (Å²) in [5, 5.41) is 10.4. The SMILES string of the molecule is CCCc1cccc(-c2cc(NC(=O)[C@@H]3CNC(=O)N3C(C)C)nn2-c2ccccc2)c1. The number of aromatic nitrogens is 2. The molecule has 1 aliphatic heterocycles. The Kier molecular flexibility index (Phi) is 6.25. The van der Waals surface area contributed by atoms with E-state index < -0.39 is 6.04 Å². The number of anilines is 1. The van der Waals surface area contributed by atoms with E-state index in [0.29, 0.717) is 5.82 Å². The molecule has 3 aromatic rings. The highest BCUT2D eigenvalue weighted by atomic mass is 16.2. The van der Waals surface area contributed by atoms with Gasteiger partial charge in [0.05, 0.1) is 11.4 Å². The van der Waals surface area contributed by atoms with Gasteiger partial charge in [0, 0.05) is 24.2 Å². The van der Waals surface area contributed by atoms with Crippen LogP contribution in [-0.4, -0.2) is 45.2 Å². The molecule has 1 aliphatic rings. The van der Waals surface area contributed by atoms with Crippen LogP contribution < -0.4 is 10.6 Å². The minimum Gasteiger partial charge on any atom is -0.335 e. The summed E-state index contributed by atoms with van der Waals surface area (Å²) < 4.78 is 1.85. The lowest BCUT2D eigenvalue weighted by Crippen LogP contribution is -2.46. The summed E-state index contributed by atoms with van der Waals surface area (Å²) in [7, 11) is 0. The van der Waals surface area contributed by atoms with Crippen LogP contribution in [0.5, 0.6) is 0 Å². The van der Waals surface area contributed by atoms with Gasteiger partial charge in [0.25, 0.3) is 0 Å². The summed E-state index contributed by atoms with van der Waals surface area (Å²) >= 11 is 0. The van der Waals surface area contributed by atoms with E-state index in [1.807, 2.05) is 54.9 Å². The summed E-state index contributed by atoms with van der Waals surface area (Å²) in [6, 6.07) is 19.3. The Bertz CT molecular complexity index is 1110. The largest absolute Gasteiger partial charge is 0.335 e. The Labute approximate surface area is 188 Å². The summed E-state index contributed by atoms with van der Waals surface area (Å²) in [6.07, 6.45) is 2.08. The molecule has 7 nitrogen and oxygen atoms in total. The van der Waals surface area contributed by atoms with Gasteiger partial charge in [-0.25, -0.2) is 9.48 Å². The van der Waals surface area contributed by atoms with Crippen molar-refractivity contribution in [2.75, 3.05) is 11.9 Å². The second-order valence-corrected chi connectivity index (χ2v) is 8.30. The summed E-state index contributed by atoms with van der Waals surface area (Å²) in [5.41, 5.74) is 4.10. The van der Waals surface area contributed by atoms with E-state index in [-0.39, 0.29) is 24.5 Å². The number of urea groups is 1. The van der Waals surface area contributed by atoms with E-state index >= 15 is 0 Å². The molecule has 2 heterocycles. The first-order valence-electron chi connectivity index (χ1n) is 11.1. The van der Waals surface area contributed by atoms with Crippen LogP contribution in [0.4, 0.5) is 10.6 Å². The quantitative estimate of drug-likeness (QED) is 0.587. The van der Waals surface area contributed by atoms with Gasteiger partial charge in [-0.2, -0.15) is 0 Å². The third-order valence-corrected chi connectivity index (χ3v) is 5.60. The summed E-state index contributed by atoms with van der Waals surface area (Å²) in [4.78, 5) is 26.7. The number of hydrogen-bond acceptors (Lipinski definition) is 3. The molecule has 1 aromatic heterocycles. The number of carbonyl (C=O) groups is 2. The number of nitrogens with zero attached hydrogens (tertiary/aromatic N) is 3. The molecule has 0 saturated carbocycles. The normalized spacial score (nSPS) is 15.8. The van der Waals surface area contributed by atoms with Gasteiger partial charge in [-0.1, -0.05) is 49.7 Å². The molecule has 0 spiro atoms. The standard InChI is InChI=1S/C25H29N5O2/c1-4-9-18-10-8-11-19(14-18)21-15-23(28-30(21)20-12-6-5-7-13-20)27-24(31)22-16-26-25(32)29(22)17(2)3/h5-8,10-15,17,22H,4,9,16H2,1-3H3,(H,26,32)(H,27,28,31)/t22-/m0/s1. The Hall–Kier alpha value is -3.61. The fourth-order valence-electron chi connectivity index (χ4n) is 4.13. The first kappa shape index (κ1) is 21.6. The van der Waals surface area contributed by atoms with Crippen molar-refractivity contribution in [2.45, 2.75) is 45.7 Å². The Morgan fingerprint density at radius 2 is 1.94 bits per heavy atom. The molecule has 2 aromatic carbocycles. The predicted octanol–water partition coefficient (Wildman–Crippen LogP) is 4.23. The molecule has 0 unspecified atom stereocenters. The van der Waals surface area contributed by atoms with Crippen LogP contribution in [0.1, 0.15) is 32.8 Å². The van der Waals surface area contributed by atoms with Gasteiger partial charge < -0.3 is 15.5 Å². The van der Waals surface area contributed by atoms with Crippen molar-refractivity contribution in [2.24, 2.45) is 0 Å². The minimum absolute atomic E-state index is 0.0769. The van der Waals surface area contributed by atoms with E-state index in [1.54, 1.807) is 4.90 Å². The van der Waals surface area contributed by atoms with E-state index in [2.05, 4.69) is 41.8 Å².